The van der Waals surface area contributed by atoms with Crippen LogP contribution in [0.15, 0.2) is 34.1 Å². The van der Waals surface area contributed by atoms with Gasteiger partial charge in [-0.1, -0.05) is 35.0 Å². The molecule has 1 saturated heterocycles. The summed E-state index contributed by atoms with van der Waals surface area (Å²) in [6.07, 6.45) is 0. The predicted molar refractivity (Wildman–Crippen MR) is 110 cm³/mol. The van der Waals surface area contributed by atoms with E-state index in [4.69, 9.17) is 11.6 Å². The van der Waals surface area contributed by atoms with Gasteiger partial charge >= 0.3 is 0 Å². The molecular formula is C18H18BrClN4S. The molecule has 0 amide bonds. The highest BCUT2D eigenvalue weighted by Crippen LogP contribution is 2.39. The minimum atomic E-state index is 0.324. The van der Waals surface area contributed by atoms with E-state index < -0.39 is 0 Å². The third kappa shape index (κ3) is 3.40. The van der Waals surface area contributed by atoms with E-state index in [2.05, 4.69) is 72.3 Å². The monoisotopic (exact) mass is 436 g/mol. The van der Waals surface area contributed by atoms with Gasteiger partial charge < -0.3 is 9.80 Å². The fourth-order valence-corrected chi connectivity index (χ4v) is 4.67. The zero-order chi connectivity index (χ0) is 17.4. The molecule has 0 aliphatic carbocycles. The van der Waals surface area contributed by atoms with E-state index in [9.17, 15) is 0 Å². The van der Waals surface area contributed by atoms with Crippen LogP contribution in [-0.2, 0) is 0 Å². The summed E-state index contributed by atoms with van der Waals surface area (Å²) < 4.78 is 1.07. The molecule has 1 aliphatic rings. The maximum atomic E-state index is 6.22. The number of halogens is 2. The lowest BCUT2D eigenvalue weighted by molar-refractivity contribution is 0.271. The van der Waals surface area contributed by atoms with Crippen LogP contribution in [0, 0.1) is 0 Å². The van der Waals surface area contributed by atoms with Gasteiger partial charge in [0.15, 0.2) is 0 Å². The minimum absolute atomic E-state index is 0.324. The highest BCUT2D eigenvalue weighted by Gasteiger charge is 2.22. The van der Waals surface area contributed by atoms with Crippen molar-refractivity contribution in [1.29, 1.82) is 0 Å². The average Bonchev–Trinajstić information content (AvgIpc) is 3.05. The number of nitrogens with zero attached hydrogens (tertiary/aromatic N) is 4. The van der Waals surface area contributed by atoms with Crippen LogP contribution in [-0.4, -0.2) is 47.6 Å². The van der Waals surface area contributed by atoms with Crippen molar-refractivity contribution in [3.63, 3.8) is 0 Å². The van der Waals surface area contributed by atoms with E-state index in [1.807, 2.05) is 0 Å². The van der Waals surface area contributed by atoms with E-state index >= 15 is 0 Å². The van der Waals surface area contributed by atoms with Crippen LogP contribution in [0.2, 0.25) is 5.28 Å². The lowest BCUT2D eigenvalue weighted by Gasteiger charge is -2.35. The van der Waals surface area contributed by atoms with Crippen molar-refractivity contribution >= 4 is 54.9 Å². The Balaban J connectivity index is 1.80. The second kappa shape index (κ2) is 7.19. The number of likely N-dealkylation sites (N-methyl/N-ethyl adjacent to an activating group) is 1. The molecule has 7 heteroatoms. The Hall–Kier alpha value is -1.21. The molecule has 0 atom stereocenters. The molecule has 0 spiro atoms. The summed E-state index contributed by atoms with van der Waals surface area (Å²) in [4.78, 5) is 14.8. The first-order valence-electron chi connectivity index (χ1n) is 8.33. The van der Waals surface area contributed by atoms with Crippen LogP contribution in [0.3, 0.4) is 0 Å². The van der Waals surface area contributed by atoms with E-state index in [0.717, 1.165) is 53.2 Å². The summed E-state index contributed by atoms with van der Waals surface area (Å²) in [5, 5.41) is 3.59. The summed E-state index contributed by atoms with van der Waals surface area (Å²) in [5.74, 6) is 0.963. The molecule has 1 aliphatic heterocycles. The smallest absolute Gasteiger partial charge is 0.225 e. The summed E-state index contributed by atoms with van der Waals surface area (Å²) in [6, 6.07) is 8.38. The van der Waals surface area contributed by atoms with Gasteiger partial charge in [-0.3, -0.25) is 0 Å². The number of aromatic nitrogens is 2. The largest absolute Gasteiger partial charge is 0.353 e. The molecule has 1 fully saturated rings. The molecule has 25 heavy (non-hydrogen) atoms. The Morgan fingerprint density at radius 1 is 1.12 bits per heavy atom. The molecule has 2 aromatic heterocycles. The van der Waals surface area contributed by atoms with Crippen LogP contribution < -0.4 is 4.90 Å². The quantitative estimate of drug-likeness (QED) is 0.545. The predicted octanol–water partition coefficient (Wildman–Crippen LogP) is 4.92. The van der Waals surface area contributed by atoms with E-state index in [-0.39, 0.29) is 0 Å². The summed E-state index contributed by atoms with van der Waals surface area (Å²) >= 11 is 11.3. The van der Waals surface area contributed by atoms with Gasteiger partial charge in [0.25, 0.3) is 0 Å². The Labute approximate surface area is 164 Å². The molecule has 4 nitrogen and oxygen atoms in total. The molecule has 130 valence electrons. The number of fused-ring (bicyclic) bond motifs is 1. The molecule has 0 saturated carbocycles. The molecule has 3 aromatic rings. The molecule has 1 aromatic carbocycles. The average molecular weight is 438 g/mol. The molecule has 0 N–H and O–H groups in total. The standard InChI is InChI=1S/C18H18BrClN4S/c1-2-23-7-9-24(10-8-23)16-15-14(12-3-5-13(19)6-4-12)11-25-17(15)22-18(20)21-16/h3-6,11H,2,7-10H2,1H3. The maximum Gasteiger partial charge on any atom is 0.225 e. The van der Waals surface area contributed by atoms with Crippen molar-refractivity contribution < 1.29 is 0 Å². The SMILES string of the molecule is CCN1CCN(c2nc(Cl)nc3scc(-c4ccc(Br)cc4)c23)CC1. The third-order valence-corrected chi connectivity index (χ3v) is 6.23. The van der Waals surface area contributed by atoms with Gasteiger partial charge in [-0.2, -0.15) is 4.98 Å². The first-order chi connectivity index (χ1) is 12.2. The number of hydrogen-bond donors (Lipinski definition) is 0. The van der Waals surface area contributed by atoms with Crippen LogP contribution in [0.25, 0.3) is 21.3 Å². The number of benzene rings is 1. The van der Waals surface area contributed by atoms with Gasteiger partial charge in [-0.25, -0.2) is 4.98 Å². The minimum Gasteiger partial charge on any atom is -0.353 e. The molecular weight excluding hydrogens is 420 g/mol. The molecule has 3 heterocycles. The van der Waals surface area contributed by atoms with Crippen molar-refractivity contribution in [3.05, 3.63) is 39.4 Å². The number of thiophene rings is 1. The van der Waals surface area contributed by atoms with E-state index in [1.54, 1.807) is 11.3 Å². The van der Waals surface area contributed by atoms with Crippen molar-refractivity contribution in [2.75, 3.05) is 37.6 Å². The number of anilines is 1. The molecule has 0 unspecified atom stereocenters. The third-order valence-electron chi connectivity index (χ3n) is 4.66. The highest BCUT2D eigenvalue weighted by atomic mass is 79.9. The Kier molecular flexibility index (Phi) is 4.95. The van der Waals surface area contributed by atoms with E-state index in [1.165, 1.54) is 11.1 Å². The first-order valence-corrected chi connectivity index (χ1v) is 10.4. The van der Waals surface area contributed by atoms with Gasteiger partial charge in [-0.05, 0) is 35.8 Å². The molecule has 0 radical (unpaired) electrons. The van der Waals surface area contributed by atoms with Gasteiger partial charge in [-0.15, -0.1) is 11.3 Å². The number of hydrogen-bond acceptors (Lipinski definition) is 5. The summed E-state index contributed by atoms with van der Waals surface area (Å²) in [7, 11) is 0. The normalized spacial score (nSPS) is 15.9. The summed E-state index contributed by atoms with van der Waals surface area (Å²) in [6.45, 7) is 7.34. The van der Waals surface area contributed by atoms with E-state index in [0.29, 0.717) is 5.28 Å². The van der Waals surface area contributed by atoms with Crippen molar-refractivity contribution in [1.82, 2.24) is 14.9 Å². The second-order valence-corrected chi connectivity index (χ2v) is 8.19. The lowest BCUT2D eigenvalue weighted by atomic mass is 10.1. The second-order valence-electron chi connectivity index (χ2n) is 6.07. The van der Waals surface area contributed by atoms with Crippen LogP contribution in [0.4, 0.5) is 5.82 Å². The Bertz CT molecular complexity index is 888. The van der Waals surface area contributed by atoms with Gasteiger partial charge in [0.2, 0.25) is 5.28 Å². The van der Waals surface area contributed by atoms with Crippen molar-refractivity contribution in [2.24, 2.45) is 0 Å². The fraction of sp³-hybridized carbons (Fsp3) is 0.333. The zero-order valence-electron chi connectivity index (χ0n) is 13.9. The zero-order valence-corrected chi connectivity index (χ0v) is 17.0. The maximum absolute atomic E-state index is 6.22. The van der Waals surface area contributed by atoms with Crippen LogP contribution in [0.1, 0.15) is 6.92 Å². The van der Waals surface area contributed by atoms with Gasteiger partial charge in [0.1, 0.15) is 10.6 Å². The lowest BCUT2D eigenvalue weighted by Crippen LogP contribution is -2.46. The number of piperazine rings is 1. The Morgan fingerprint density at radius 3 is 2.52 bits per heavy atom. The fourth-order valence-electron chi connectivity index (χ4n) is 3.24. The first kappa shape index (κ1) is 17.2. The van der Waals surface area contributed by atoms with Crippen LogP contribution in [0.5, 0.6) is 0 Å². The van der Waals surface area contributed by atoms with Gasteiger partial charge in [0.05, 0.1) is 5.39 Å². The molecule has 0 bridgehead atoms. The van der Waals surface area contributed by atoms with Crippen molar-refractivity contribution in [2.45, 2.75) is 6.92 Å². The highest BCUT2D eigenvalue weighted by molar-refractivity contribution is 9.10. The topological polar surface area (TPSA) is 32.3 Å². The van der Waals surface area contributed by atoms with Crippen LogP contribution >= 0.6 is 38.9 Å². The van der Waals surface area contributed by atoms with Crippen molar-refractivity contribution in [3.8, 4) is 11.1 Å². The Morgan fingerprint density at radius 2 is 1.84 bits per heavy atom. The molecule has 4 rings (SSSR count). The number of rotatable bonds is 3. The van der Waals surface area contributed by atoms with Gasteiger partial charge in [0, 0.05) is 41.6 Å². The summed E-state index contributed by atoms with van der Waals surface area (Å²) in [5.41, 5.74) is 2.35.